The fourth-order valence-electron chi connectivity index (χ4n) is 3.86. The van der Waals surface area contributed by atoms with E-state index >= 15 is 0 Å². The molecule has 0 radical (unpaired) electrons. The third-order valence-corrected chi connectivity index (χ3v) is 6.17. The maximum Gasteiger partial charge on any atom is 0.225 e. The number of nitrogens with one attached hydrogen (secondary N) is 1. The Kier molecular flexibility index (Phi) is 3.28. The van der Waals surface area contributed by atoms with Crippen LogP contribution in [0.15, 0.2) is 0 Å². The van der Waals surface area contributed by atoms with Crippen LogP contribution in [0, 0.1) is 28.6 Å². The van der Waals surface area contributed by atoms with Gasteiger partial charge < -0.3 is 5.32 Å². The average molecular weight is 251 g/mol. The Labute approximate surface area is 112 Å². The van der Waals surface area contributed by atoms with Crippen molar-refractivity contribution in [3.8, 4) is 0 Å². The third kappa shape index (κ3) is 1.98. The molecular weight excluding hydrogens is 222 g/mol. The van der Waals surface area contributed by atoms with Crippen molar-refractivity contribution >= 4 is 5.91 Å². The lowest BCUT2D eigenvalue weighted by Gasteiger charge is -2.62. The first-order valence-corrected chi connectivity index (χ1v) is 7.51. The molecule has 3 saturated carbocycles. The topological polar surface area (TPSA) is 29.1 Å². The molecule has 3 aliphatic rings. The van der Waals surface area contributed by atoms with E-state index in [1.54, 1.807) is 0 Å². The molecule has 0 aliphatic heterocycles. The minimum Gasteiger partial charge on any atom is -0.353 e. The summed E-state index contributed by atoms with van der Waals surface area (Å²) in [4.78, 5) is 12.3. The summed E-state index contributed by atoms with van der Waals surface area (Å²) in [6.07, 6.45) is 3.45. The van der Waals surface area contributed by atoms with Crippen molar-refractivity contribution in [1.82, 2.24) is 5.32 Å². The fraction of sp³-hybridized carbons (Fsp3) is 0.938. The van der Waals surface area contributed by atoms with Crippen molar-refractivity contribution in [2.75, 3.05) is 0 Å². The van der Waals surface area contributed by atoms with Crippen LogP contribution in [-0.4, -0.2) is 11.9 Å². The van der Waals surface area contributed by atoms with Crippen molar-refractivity contribution in [2.45, 2.75) is 66.8 Å². The first-order chi connectivity index (χ1) is 8.20. The Balaban J connectivity index is 1.99. The van der Waals surface area contributed by atoms with Gasteiger partial charge in [0.1, 0.15) is 0 Å². The molecule has 104 valence electrons. The highest BCUT2D eigenvalue weighted by Gasteiger charge is 2.56. The van der Waals surface area contributed by atoms with Crippen LogP contribution in [0.1, 0.15) is 60.8 Å². The largest absolute Gasteiger partial charge is 0.353 e. The number of hydrogen-bond acceptors (Lipinski definition) is 1. The van der Waals surface area contributed by atoms with E-state index in [0.29, 0.717) is 17.4 Å². The summed E-state index contributed by atoms with van der Waals surface area (Å²) in [6, 6.07) is 0.403. The van der Waals surface area contributed by atoms with Gasteiger partial charge in [-0.05, 0) is 42.4 Å². The van der Waals surface area contributed by atoms with Crippen molar-refractivity contribution in [3.63, 3.8) is 0 Å². The first kappa shape index (κ1) is 13.9. The molecule has 3 rings (SSSR count). The third-order valence-electron chi connectivity index (χ3n) is 6.17. The number of hydrogen-bond donors (Lipinski definition) is 1. The quantitative estimate of drug-likeness (QED) is 0.815. The maximum absolute atomic E-state index is 12.3. The lowest BCUT2D eigenvalue weighted by molar-refractivity contribution is -0.140. The van der Waals surface area contributed by atoms with Crippen molar-refractivity contribution < 1.29 is 4.79 Å². The van der Waals surface area contributed by atoms with Crippen LogP contribution < -0.4 is 5.32 Å². The van der Waals surface area contributed by atoms with Gasteiger partial charge in [0.25, 0.3) is 0 Å². The smallest absolute Gasteiger partial charge is 0.225 e. The number of carbonyl (C=O) groups is 1. The highest BCUT2D eigenvalue weighted by molar-refractivity contribution is 5.82. The summed E-state index contributed by atoms with van der Waals surface area (Å²) in [6.45, 7) is 13.3. The maximum atomic E-state index is 12.3. The zero-order chi connectivity index (χ0) is 13.7. The summed E-state index contributed by atoms with van der Waals surface area (Å²) < 4.78 is 0. The zero-order valence-electron chi connectivity index (χ0n) is 12.8. The van der Waals surface area contributed by atoms with Gasteiger partial charge in [-0.15, -0.1) is 0 Å². The van der Waals surface area contributed by atoms with Gasteiger partial charge in [-0.1, -0.05) is 41.5 Å². The van der Waals surface area contributed by atoms with E-state index in [1.807, 2.05) is 13.8 Å². The second-order valence-corrected chi connectivity index (χ2v) is 7.77. The van der Waals surface area contributed by atoms with Gasteiger partial charge in [-0.3, -0.25) is 4.79 Å². The molecule has 1 N–H and O–H groups in total. The van der Waals surface area contributed by atoms with Gasteiger partial charge in [0, 0.05) is 11.5 Å². The standard InChI is InChI=1S/C16H29NO/c1-7-15(3,4)14(18)17-13-9-11-8-12(10(13)2)16(11,5)6/h10-13H,7-9H2,1-6H3,(H,17,18)/t10?,11?,12?,13-/m1/s1. The second kappa shape index (κ2) is 4.25. The molecule has 18 heavy (non-hydrogen) atoms. The molecule has 4 atom stereocenters. The van der Waals surface area contributed by atoms with E-state index in [-0.39, 0.29) is 11.3 Å². The molecule has 3 unspecified atom stereocenters. The number of carbonyl (C=O) groups excluding carboxylic acids is 1. The highest BCUT2D eigenvalue weighted by Crippen LogP contribution is 2.61. The first-order valence-electron chi connectivity index (χ1n) is 7.51. The molecule has 2 heteroatoms. The molecule has 2 bridgehead atoms. The molecule has 0 aromatic rings. The average Bonchev–Trinajstić information content (AvgIpc) is 2.30. The molecule has 0 saturated heterocycles. The molecular formula is C16H29NO. The Morgan fingerprint density at radius 1 is 1.33 bits per heavy atom. The van der Waals surface area contributed by atoms with E-state index in [0.717, 1.165) is 18.3 Å². The highest BCUT2D eigenvalue weighted by atomic mass is 16.2. The van der Waals surface area contributed by atoms with Gasteiger partial charge in [-0.25, -0.2) is 0 Å². The predicted molar refractivity (Wildman–Crippen MR) is 75.2 cm³/mol. The minimum atomic E-state index is -0.225. The molecule has 1 amide bonds. The summed E-state index contributed by atoms with van der Waals surface area (Å²) >= 11 is 0. The van der Waals surface area contributed by atoms with E-state index in [1.165, 1.54) is 12.8 Å². The van der Waals surface area contributed by atoms with Gasteiger partial charge >= 0.3 is 0 Å². The minimum absolute atomic E-state index is 0.225. The van der Waals surface area contributed by atoms with Gasteiger partial charge in [-0.2, -0.15) is 0 Å². The normalized spacial score (nSPS) is 37.9. The molecule has 3 fully saturated rings. The van der Waals surface area contributed by atoms with Crippen LogP contribution in [0.3, 0.4) is 0 Å². The molecule has 0 heterocycles. The number of fused-ring (bicyclic) bond motifs is 2. The van der Waals surface area contributed by atoms with Crippen LogP contribution in [0.2, 0.25) is 0 Å². The van der Waals surface area contributed by atoms with Crippen molar-refractivity contribution in [1.29, 1.82) is 0 Å². The summed E-state index contributed by atoms with van der Waals surface area (Å²) in [5, 5.41) is 3.32. The molecule has 0 spiro atoms. The lowest BCUT2D eigenvalue weighted by Crippen LogP contribution is -2.61. The Bertz CT molecular complexity index is 345. The molecule has 3 aliphatic carbocycles. The van der Waals surface area contributed by atoms with E-state index < -0.39 is 0 Å². The molecule has 2 nitrogen and oxygen atoms in total. The van der Waals surface area contributed by atoms with Crippen molar-refractivity contribution in [3.05, 3.63) is 0 Å². The van der Waals surface area contributed by atoms with Crippen LogP contribution in [0.5, 0.6) is 0 Å². The number of amides is 1. The molecule has 0 aromatic heterocycles. The van der Waals surface area contributed by atoms with Crippen LogP contribution >= 0.6 is 0 Å². The summed E-state index contributed by atoms with van der Waals surface area (Å²) in [5.41, 5.74) is 0.276. The van der Waals surface area contributed by atoms with Crippen LogP contribution in [0.4, 0.5) is 0 Å². The monoisotopic (exact) mass is 251 g/mol. The molecule has 0 aromatic carbocycles. The number of rotatable bonds is 3. The Morgan fingerprint density at radius 3 is 2.39 bits per heavy atom. The van der Waals surface area contributed by atoms with Gasteiger partial charge in [0.05, 0.1) is 0 Å². The summed E-state index contributed by atoms with van der Waals surface area (Å²) in [5.74, 6) is 2.47. The van der Waals surface area contributed by atoms with Crippen LogP contribution in [0.25, 0.3) is 0 Å². The van der Waals surface area contributed by atoms with E-state index in [2.05, 4.69) is 33.0 Å². The van der Waals surface area contributed by atoms with E-state index in [4.69, 9.17) is 0 Å². The fourth-order valence-corrected chi connectivity index (χ4v) is 3.86. The van der Waals surface area contributed by atoms with Gasteiger partial charge in [0.15, 0.2) is 0 Å². The Hall–Kier alpha value is -0.530. The Morgan fingerprint density at radius 2 is 1.94 bits per heavy atom. The second-order valence-electron chi connectivity index (χ2n) is 7.77. The van der Waals surface area contributed by atoms with E-state index in [9.17, 15) is 4.79 Å². The predicted octanol–water partition coefficient (Wildman–Crippen LogP) is 3.61. The zero-order valence-corrected chi connectivity index (χ0v) is 12.8. The van der Waals surface area contributed by atoms with Gasteiger partial charge in [0.2, 0.25) is 5.91 Å². The van der Waals surface area contributed by atoms with Crippen LogP contribution in [-0.2, 0) is 4.79 Å². The SMILES string of the molecule is CCC(C)(C)C(=O)N[C@@H]1CC2CC(C1C)C2(C)C. The van der Waals surface area contributed by atoms with Crippen molar-refractivity contribution in [2.24, 2.45) is 28.6 Å². The summed E-state index contributed by atoms with van der Waals surface area (Å²) in [7, 11) is 0. The lowest BCUT2D eigenvalue weighted by atomic mass is 9.44.